The second-order valence-electron chi connectivity index (χ2n) is 6.33. The maximum Gasteiger partial charge on any atom is 0.293 e. The number of halogens is 2. The number of carbonyl (C=O) groups is 3. The summed E-state index contributed by atoms with van der Waals surface area (Å²) in [7, 11) is 2.88. The summed E-state index contributed by atoms with van der Waals surface area (Å²) in [6, 6.07) is 9.86. The molecule has 31 heavy (non-hydrogen) atoms. The van der Waals surface area contributed by atoms with Crippen LogP contribution in [-0.4, -0.2) is 49.3 Å². The van der Waals surface area contributed by atoms with Crippen LogP contribution >= 0.6 is 35.0 Å². The van der Waals surface area contributed by atoms with Gasteiger partial charge in [-0.25, -0.2) is 0 Å². The fraction of sp³-hybridized carbons (Fsp3) is 0.190. The van der Waals surface area contributed by atoms with Crippen LogP contribution in [0.1, 0.15) is 15.9 Å². The molecule has 2 aromatic rings. The van der Waals surface area contributed by atoms with Gasteiger partial charge in [0.15, 0.2) is 11.5 Å². The topological polar surface area (TPSA) is 84.9 Å². The second-order valence-corrected chi connectivity index (χ2v) is 8.17. The highest BCUT2D eigenvalue weighted by molar-refractivity contribution is 8.18. The van der Waals surface area contributed by atoms with E-state index in [9.17, 15) is 14.4 Å². The first-order valence-corrected chi connectivity index (χ1v) is 10.6. The molecule has 0 saturated carbocycles. The number of benzene rings is 2. The average Bonchev–Trinajstić information content (AvgIpc) is 3.01. The van der Waals surface area contributed by atoms with E-state index in [1.54, 1.807) is 30.3 Å². The molecule has 2 aromatic carbocycles. The number of hydrogen-bond donors (Lipinski definition) is 1. The zero-order chi connectivity index (χ0) is 22.5. The molecule has 0 unspecified atom stereocenters. The number of imide groups is 1. The summed E-state index contributed by atoms with van der Waals surface area (Å²) in [5.41, 5.74) is 1.02. The molecule has 0 radical (unpaired) electrons. The van der Waals surface area contributed by atoms with Crippen LogP contribution in [0.5, 0.6) is 11.5 Å². The SMILES string of the molecule is COc1cc(C(=O)NCCN2C(=O)S/C(=C\c3ccc(Cl)cc3)C2=O)cc(Cl)c1OC. The number of carbonyl (C=O) groups excluding carboxylic acids is 3. The number of ether oxygens (including phenoxy) is 2. The molecular formula is C21H18Cl2N2O5S. The third kappa shape index (κ3) is 5.33. The van der Waals surface area contributed by atoms with Crippen LogP contribution in [0.2, 0.25) is 10.0 Å². The van der Waals surface area contributed by atoms with Crippen molar-refractivity contribution >= 4 is 58.1 Å². The summed E-state index contributed by atoms with van der Waals surface area (Å²) in [5.74, 6) is -0.190. The highest BCUT2D eigenvalue weighted by atomic mass is 35.5. The van der Waals surface area contributed by atoms with E-state index in [4.69, 9.17) is 32.7 Å². The number of amides is 3. The second kappa shape index (κ2) is 10.1. The van der Waals surface area contributed by atoms with E-state index in [0.29, 0.717) is 21.4 Å². The first kappa shape index (κ1) is 23.0. The summed E-state index contributed by atoms with van der Waals surface area (Å²) in [4.78, 5) is 38.6. The summed E-state index contributed by atoms with van der Waals surface area (Å²) in [6.45, 7) is 0.118. The number of thioether (sulfide) groups is 1. The lowest BCUT2D eigenvalue weighted by Gasteiger charge is -2.14. The minimum absolute atomic E-state index is 0.0371. The maximum atomic E-state index is 12.6. The molecule has 0 bridgehead atoms. The Morgan fingerprint density at radius 3 is 2.48 bits per heavy atom. The van der Waals surface area contributed by atoms with E-state index in [-0.39, 0.29) is 23.7 Å². The minimum Gasteiger partial charge on any atom is -0.493 e. The van der Waals surface area contributed by atoms with E-state index in [2.05, 4.69) is 5.32 Å². The average molecular weight is 481 g/mol. The van der Waals surface area contributed by atoms with Gasteiger partial charge in [-0.05, 0) is 47.7 Å². The predicted octanol–water partition coefficient (Wildman–Crippen LogP) is 4.48. The van der Waals surface area contributed by atoms with Crippen molar-refractivity contribution in [1.82, 2.24) is 10.2 Å². The van der Waals surface area contributed by atoms with Gasteiger partial charge in [0.2, 0.25) is 0 Å². The van der Waals surface area contributed by atoms with Gasteiger partial charge in [0, 0.05) is 23.7 Å². The molecule has 1 aliphatic rings. The normalized spacial score (nSPS) is 14.8. The fourth-order valence-electron chi connectivity index (χ4n) is 2.84. The van der Waals surface area contributed by atoms with Gasteiger partial charge in [-0.3, -0.25) is 19.3 Å². The molecular weight excluding hydrogens is 463 g/mol. The molecule has 1 N–H and O–H groups in total. The summed E-state index contributed by atoms with van der Waals surface area (Å²) < 4.78 is 10.3. The van der Waals surface area contributed by atoms with E-state index in [0.717, 1.165) is 22.2 Å². The molecule has 7 nitrogen and oxygen atoms in total. The van der Waals surface area contributed by atoms with Crippen LogP contribution in [-0.2, 0) is 4.79 Å². The molecule has 3 amide bonds. The summed E-state index contributed by atoms with van der Waals surface area (Å²) in [5, 5.41) is 3.08. The van der Waals surface area contributed by atoms with Gasteiger partial charge in [-0.2, -0.15) is 0 Å². The van der Waals surface area contributed by atoms with E-state index in [1.165, 1.54) is 26.4 Å². The Hall–Kier alpha value is -2.68. The van der Waals surface area contributed by atoms with Gasteiger partial charge in [0.05, 0.1) is 24.1 Å². The third-order valence-corrected chi connectivity index (χ3v) is 5.80. The zero-order valence-electron chi connectivity index (χ0n) is 16.6. The smallest absolute Gasteiger partial charge is 0.293 e. The summed E-state index contributed by atoms with van der Waals surface area (Å²) in [6.07, 6.45) is 1.63. The Balaban J connectivity index is 1.62. The predicted molar refractivity (Wildman–Crippen MR) is 121 cm³/mol. The van der Waals surface area contributed by atoms with Crippen LogP contribution < -0.4 is 14.8 Å². The van der Waals surface area contributed by atoms with Gasteiger partial charge in [-0.15, -0.1) is 0 Å². The van der Waals surface area contributed by atoms with E-state index in [1.807, 2.05) is 0 Å². The number of nitrogens with zero attached hydrogens (tertiary/aromatic N) is 1. The molecule has 1 fully saturated rings. The summed E-state index contributed by atoms with van der Waals surface area (Å²) >= 11 is 12.8. The lowest BCUT2D eigenvalue weighted by Crippen LogP contribution is -2.37. The molecule has 1 aliphatic heterocycles. The highest BCUT2D eigenvalue weighted by Crippen LogP contribution is 2.36. The van der Waals surface area contributed by atoms with Gasteiger partial charge in [0.1, 0.15) is 0 Å². The Kier molecular flexibility index (Phi) is 7.48. The van der Waals surface area contributed by atoms with Crippen LogP contribution in [0.3, 0.4) is 0 Å². The van der Waals surface area contributed by atoms with E-state index < -0.39 is 17.1 Å². The molecule has 1 saturated heterocycles. The van der Waals surface area contributed by atoms with Crippen molar-refractivity contribution in [2.45, 2.75) is 0 Å². The first-order chi connectivity index (χ1) is 14.8. The maximum absolute atomic E-state index is 12.6. The van der Waals surface area contributed by atoms with Crippen molar-refractivity contribution < 1.29 is 23.9 Å². The Morgan fingerprint density at radius 1 is 1.13 bits per heavy atom. The zero-order valence-corrected chi connectivity index (χ0v) is 18.9. The van der Waals surface area contributed by atoms with Crippen molar-refractivity contribution in [3.63, 3.8) is 0 Å². The largest absolute Gasteiger partial charge is 0.493 e. The Labute approximate surface area is 193 Å². The molecule has 0 aliphatic carbocycles. The van der Waals surface area contributed by atoms with Crippen molar-refractivity contribution in [3.8, 4) is 11.5 Å². The fourth-order valence-corrected chi connectivity index (χ4v) is 4.11. The van der Waals surface area contributed by atoms with Crippen molar-refractivity contribution in [3.05, 3.63) is 62.5 Å². The molecule has 1 heterocycles. The van der Waals surface area contributed by atoms with Crippen LogP contribution in [0.4, 0.5) is 4.79 Å². The lowest BCUT2D eigenvalue weighted by atomic mass is 10.2. The monoisotopic (exact) mass is 480 g/mol. The Morgan fingerprint density at radius 2 is 1.84 bits per heavy atom. The van der Waals surface area contributed by atoms with Gasteiger partial charge < -0.3 is 14.8 Å². The quantitative estimate of drug-likeness (QED) is 0.588. The van der Waals surface area contributed by atoms with Crippen molar-refractivity contribution in [1.29, 1.82) is 0 Å². The van der Waals surface area contributed by atoms with Gasteiger partial charge in [0.25, 0.3) is 17.1 Å². The van der Waals surface area contributed by atoms with Crippen molar-refractivity contribution in [2.24, 2.45) is 0 Å². The van der Waals surface area contributed by atoms with Crippen molar-refractivity contribution in [2.75, 3.05) is 27.3 Å². The molecule has 3 rings (SSSR count). The number of rotatable bonds is 7. The van der Waals surface area contributed by atoms with Gasteiger partial charge in [-0.1, -0.05) is 35.3 Å². The van der Waals surface area contributed by atoms with Crippen LogP contribution in [0, 0.1) is 0 Å². The minimum atomic E-state index is -0.425. The lowest BCUT2D eigenvalue weighted by molar-refractivity contribution is -0.122. The van der Waals surface area contributed by atoms with Crippen LogP contribution in [0.25, 0.3) is 6.08 Å². The third-order valence-electron chi connectivity index (χ3n) is 4.36. The standard InChI is InChI=1S/C21H18Cl2N2O5S/c1-29-16-11-13(10-15(23)18(16)30-2)19(26)24-7-8-25-20(27)17(31-21(25)28)9-12-3-5-14(22)6-4-12/h3-6,9-11H,7-8H2,1-2H3,(H,24,26)/b17-9-. The highest BCUT2D eigenvalue weighted by Gasteiger charge is 2.34. The Bertz CT molecular complexity index is 1060. The molecule has 162 valence electrons. The number of hydrogen-bond acceptors (Lipinski definition) is 6. The molecule has 0 spiro atoms. The number of nitrogens with one attached hydrogen (secondary N) is 1. The molecule has 0 aromatic heterocycles. The van der Waals surface area contributed by atoms with E-state index >= 15 is 0 Å². The molecule has 10 heteroatoms. The molecule has 0 atom stereocenters. The van der Waals surface area contributed by atoms with Gasteiger partial charge >= 0.3 is 0 Å². The van der Waals surface area contributed by atoms with Crippen LogP contribution in [0.15, 0.2) is 41.3 Å². The first-order valence-electron chi connectivity index (χ1n) is 9.04. The number of methoxy groups -OCH3 is 2.